The maximum Gasteiger partial charge on any atom is 0.142 e. The lowest BCUT2D eigenvalue weighted by Crippen LogP contribution is -2.37. The van der Waals surface area contributed by atoms with Gasteiger partial charge in [-0.3, -0.25) is 0 Å². The van der Waals surface area contributed by atoms with Crippen LogP contribution in [0, 0.1) is 0 Å². The maximum absolute atomic E-state index is 6.00. The second-order valence-corrected chi connectivity index (χ2v) is 7.32. The van der Waals surface area contributed by atoms with Crippen molar-refractivity contribution in [1.29, 1.82) is 0 Å². The Kier molecular flexibility index (Phi) is 5.82. The van der Waals surface area contributed by atoms with Crippen LogP contribution < -0.4 is 15.4 Å². The molecule has 0 bridgehead atoms. The molecule has 3 nitrogen and oxygen atoms in total. The molecule has 0 spiro atoms. The summed E-state index contributed by atoms with van der Waals surface area (Å²) in [4.78, 5) is 0. The molecule has 1 aromatic rings. The molecule has 1 heterocycles. The number of hydrogen-bond acceptors (Lipinski definition) is 3. The van der Waals surface area contributed by atoms with Crippen molar-refractivity contribution in [3.05, 3.63) is 23.8 Å². The highest BCUT2D eigenvalue weighted by Gasteiger charge is 2.19. The fourth-order valence-corrected chi connectivity index (χ4v) is 3.88. The summed E-state index contributed by atoms with van der Waals surface area (Å²) in [6.07, 6.45) is 10.8. The van der Waals surface area contributed by atoms with Gasteiger partial charge in [0.15, 0.2) is 0 Å². The van der Waals surface area contributed by atoms with Gasteiger partial charge in [-0.2, -0.15) is 0 Å². The van der Waals surface area contributed by atoms with Crippen molar-refractivity contribution < 1.29 is 4.74 Å². The van der Waals surface area contributed by atoms with Gasteiger partial charge in [-0.25, -0.2) is 0 Å². The van der Waals surface area contributed by atoms with E-state index in [2.05, 4.69) is 42.7 Å². The van der Waals surface area contributed by atoms with Crippen molar-refractivity contribution in [3.8, 4) is 5.75 Å². The molecule has 3 rings (SSSR count). The van der Waals surface area contributed by atoms with Crippen LogP contribution in [0.3, 0.4) is 0 Å². The van der Waals surface area contributed by atoms with Crippen LogP contribution in [0.25, 0.3) is 0 Å². The van der Waals surface area contributed by atoms with Gasteiger partial charge in [0.1, 0.15) is 11.9 Å². The van der Waals surface area contributed by atoms with Crippen LogP contribution in [-0.2, 0) is 6.42 Å². The molecule has 0 aromatic heterocycles. The van der Waals surface area contributed by atoms with E-state index in [1.165, 1.54) is 44.1 Å². The van der Waals surface area contributed by atoms with Gasteiger partial charge in [-0.05, 0) is 50.3 Å². The van der Waals surface area contributed by atoms with Crippen LogP contribution in [-0.4, -0.2) is 24.7 Å². The predicted molar refractivity (Wildman–Crippen MR) is 97.4 cm³/mol. The summed E-state index contributed by atoms with van der Waals surface area (Å²) >= 11 is 0. The standard InChI is InChI=1S/C20H32N2O/c1-3-18-14-21-19-13-16(10-11-20(19)23-18)12-15(2)22-17-8-6-4-5-7-9-17/h10-11,13,15,17-18,21-22H,3-9,12,14H2,1-2H3. The third-order valence-corrected chi connectivity index (χ3v) is 5.23. The number of benzene rings is 1. The lowest BCUT2D eigenvalue weighted by Gasteiger charge is -2.27. The molecular weight excluding hydrogens is 284 g/mol. The molecule has 0 radical (unpaired) electrons. The van der Waals surface area contributed by atoms with E-state index in [1.807, 2.05) is 0 Å². The van der Waals surface area contributed by atoms with Crippen molar-refractivity contribution >= 4 is 5.69 Å². The Morgan fingerprint density at radius 1 is 1.22 bits per heavy atom. The SMILES string of the molecule is CCC1CNc2cc(CC(C)NC3CCCCCC3)ccc2O1. The van der Waals surface area contributed by atoms with Crippen LogP contribution in [0.5, 0.6) is 5.75 Å². The normalized spacial score (nSPS) is 23.3. The van der Waals surface area contributed by atoms with Gasteiger partial charge in [0, 0.05) is 12.1 Å². The zero-order valence-corrected chi connectivity index (χ0v) is 14.7. The van der Waals surface area contributed by atoms with Gasteiger partial charge >= 0.3 is 0 Å². The number of fused-ring (bicyclic) bond motifs is 1. The molecule has 2 N–H and O–H groups in total. The van der Waals surface area contributed by atoms with E-state index in [9.17, 15) is 0 Å². The van der Waals surface area contributed by atoms with E-state index in [0.717, 1.165) is 36.9 Å². The van der Waals surface area contributed by atoms with Crippen LogP contribution >= 0.6 is 0 Å². The molecule has 0 saturated heterocycles. The Morgan fingerprint density at radius 2 is 2.00 bits per heavy atom. The molecule has 1 fully saturated rings. The molecule has 0 amide bonds. The van der Waals surface area contributed by atoms with E-state index in [4.69, 9.17) is 4.74 Å². The third kappa shape index (κ3) is 4.63. The lowest BCUT2D eigenvalue weighted by molar-refractivity contribution is 0.202. The van der Waals surface area contributed by atoms with Crippen LogP contribution in [0.2, 0.25) is 0 Å². The minimum absolute atomic E-state index is 0.309. The summed E-state index contributed by atoms with van der Waals surface area (Å²) in [6, 6.07) is 7.88. The zero-order valence-electron chi connectivity index (χ0n) is 14.7. The number of rotatable bonds is 5. The van der Waals surface area contributed by atoms with Gasteiger partial charge in [0.2, 0.25) is 0 Å². The first-order valence-electron chi connectivity index (χ1n) is 9.54. The minimum Gasteiger partial charge on any atom is -0.486 e. The average Bonchev–Trinajstić information content (AvgIpc) is 2.83. The van der Waals surface area contributed by atoms with Crippen LogP contribution in [0.1, 0.15) is 64.4 Å². The summed E-state index contributed by atoms with van der Waals surface area (Å²) in [7, 11) is 0. The molecule has 3 heteroatoms. The predicted octanol–water partition coefficient (Wildman–Crippen LogP) is 4.51. The first-order valence-corrected chi connectivity index (χ1v) is 9.54. The van der Waals surface area contributed by atoms with Crippen molar-refractivity contribution in [3.63, 3.8) is 0 Å². The molecule has 1 saturated carbocycles. The van der Waals surface area contributed by atoms with Gasteiger partial charge in [-0.15, -0.1) is 0 Å². The maximum atomic E-state index is 6.00. The highest BCUT2D eigenvalue weighted by molar-refractivity contribution is 5.59. The minimum atomic E-state index is 0.309. The van der Waals surface area contributed by atoms with Gasteiger partial charge in [-0.1, -0.05) is 38.7 Å². The van der Waals surface area contributed by atoms with E-state index >= 15 is 0 Å². The molecular formula is C20H32N2O. The average molecular weight is 316 g/mol. The fourth-order valence-electron chi connectivity index (χ4n) is 3.88. The molecule has 1 aliphatic heterocycles. The smallest absolute Gasteiger partial charge is 0.142 e. The molecule has 128 valence electrons. The summed E-state index contributed by atoms with van der Waals surface area (Å²) in [5, 5.41) is 7.37. The third-order valence-electron chi connectivity index (χ3n) is 5.23. The zero-order chi connectivity index (χ0) is 16.1. The van der Waals surface area contributed by atoms with Gasteiger partial charge in [0.25, 0.3) is 0 Å². The van der Waals surface area contributed by atoms with E-state index in [0.29, 0.717) is 12.1 Å². The quantitative estimate of drug-likeness (QED) is 0.784. The van der Waals surface area contributed by atoms with Crippen LogP contribution in [0.15, 0.2) is 18.2 Å². The Bertz CT molecular complexity index is 494. The first-order chi connectivity index (χ1) is 11.2. The highest BCUT2D eigenvalue weighted by Crippen LogP contribution is 2.31. The Labute approximate surface area is 141 Å². The van der Waals surface area contributed by atoms with Crippen molar-refractivity contribution in [2.75, 3.05) is 11.9 Å². The van der Waals surface area contributed by atoms with Crippen molar-refractivity contribution in [2.24, 2.45) is 0 Å². The Morgan fingerprint density at radius 3 is 2.74 bits per heavy atom. The fraction of sp³-hybridized carbons (Fsp3) is 0.700. The number of hydrogen-bond donors (Lipinski definition) is 2. The Hall–Kier alpha value is -1.22. The largest absolute Gasteiger partial charge is 0.486 e. The molecule has 2 aliphatic rings. The van der Waals surface area contributed by atoms with Gasteiger partial charge < -0.3 is 15.4 Å². The highest BCUT2D eigenvalue weighted by atomic mass is 16.5. The van der Waals surface area contributed by atoms with E-state index in [-0.39, 0.29) is 0 Å². The molecule has 23 heavy (non-hydrogen) atoms. The number of ether oxygens (including phenoxy) is 1. The number of nitrogens with one attached hydrogen (secondary N) is 2. The molecule has 1 aliphatic carbocycles. The van der Waals surface area contributed by atoms with Gasteiger partial charge in [0.05, 0.1) is 12.2 Å². The first kappa shape index (κ1) is 16.6. The van der Waals surface area contributed by atoms with E-state index in [1.54, 1.807) is 0 Å². The summed E-state index contributed by atoms with van der Waals surface area (Å²) < 4.78 is 6.00. The number of anilines is 1. The summed E-state index contributed by atoms with van der Waals surface area (Å²) in [5.74, 6) is 1.01. The second-order valence-electron chi connectivity index (χ2n) is 7.32. The molecule has 1 aromatic carbocycles. The summed E-state index contributed by atoms with van der Waals surface area (Å²) in [5.41, 5.74) is 2.55. The topological polar surface area (TPSA) is 33.3 Å². The second kappa shape index (κ2) is 8.05. The molecule has 2 atom stereocenters. The van der Waals surface area contributed by atoms with Crippen LogP contribution in [0.4, 0.5) is 5.69 Å². The van der Waals surface area contributed by atoms with Crippen molar-refractivity contribution in [1.82, 2.24) is 5.32 Å². The Balaban J connectivity index is 1.55. The summed E-state index contributed by atoms with van der Waals surface area (Å²) in [6.45, 7) is 5.41. The monoisotopic (exact) mass is 316 g/mol. The van der Waals surface area contributed by atoms with Crippen molar-refractivity contribution in [2.45, 2.75) is 83.4 Å². The lowest BCUT2D eigenvalue weighted by atomic mass is 10.0. The molecule has 2 unspecified atom stereocenters. The van der Waals surface area contributed by atoms with E-state index < -0.39 is 0 Å².